The SMILES string of the molecule is O=C(COc1ccccc1Cl)NC(CO)c1ccco1. The fourth-order valence-corrected chi connectivity index (χ4v) is 1.83. The smallest absolute Gasteiger partial charge is 0.258 e. The second-order valence-electron chi connectivity index (χ2n) is 4.04. The van der Waals surface area contributed by atoms with Crippen molar-refractivity contribution in [2.24, 2.45) is 0 Å². The summed E-state index contributed by atoms with van der Waals surface area (Å²) >= 11 is 5.91. The van der Waals surface area contributed by atoms with Crippen molar-refractivity contribution in [3.63, 3.8) is 0 Å². The highest BCUT2D eigenvalue weighted by Gasteiger charge is 2.16. The second kappa shape index (κ2) is 6.98. The van der Waals surface area contributed by atoms with Crippen molar-refractivity contribution in [3.05, 3.63) is 53.4 Å². The number of benzene rings is 1. The van der Waals surface area contributed by atoms with Gasteiger partial charge in [-0.15, -0.1) is 0 Å². The topological polar surface area (TPSA) is 71.7 Å². The zero-order chi connectivity index (χ0) is 14.4. The molecule has 1 amide bonds. The van der Waals surface area contributed by atoms with Crippen molar-refractivity contribution >= 4 is 17.5 Å². The third-order valence-electron chi connectivity index (χ3n) is 2.60. The van der Waals surface area contributed by atoms with Gasteiger partial charge in [0.05, 0.1) is 17.9 Å². The van der Waals surface area contributed by atoms with Gasteiger partial charge in [-0.2, -0.15) is 0 Å². The number of aliphatic hydroxyl groups is 1. The van der Waals surface area contributed by atoms with Crippen LogP contribution in [0.2, 0.25) is 5.02 Å². The number of hydrogen-bond donors (Lipinski definition) is 2. The van der Waals surface area contributed by atoms with Crippen LogP contribution in [0.1, 0.15) is 11.8 Å². The Hall–Kier alpha value is -1.98. The van der Waals surface area contributed by atoms with Gasteiger partial charge in [0.15, 0.2) is 6.61 Å². The first-order valence-electron chi connectivity index (χ1n) is 6.01. The van der Waals surface area contributed by atoms with Crippen LogP contribution in [0.4, 0.5) is 0 Å². The molecule has 6 heteroatoms. The molecule has 1 aromatic carbocycles. The number of rotatable bonds is 6. The Morgan fingerprint density at radius 3 is 2.80 bits per heavy atom. The molecule has 1 unspecified atom stereocenters. The monoisotopic (exact) mass is 295 g/mol. The molecular formula is C14H14ClNO4. The summed E-state index contributed by atoms with van der Waals surface area (Å²) in [6.07, 6.45) is 1.48. The minimum Gasteiger partial charge on any atom is -0.482 e. The molecule has 0 saturated heterocycles. The van der Waals surface area contributed by atoms with Crippen molar-refractivity contribution in [1.82, 2.24) is 5.32 Å². The van der Waals surface area contributed by atoms with Crippen LogP contribution in [0.5, 0.6) is 5.75 Å². The van der Waals surface area contributed by atoms with Crippen molar-refractivity contribution in [2.75, 3.05) is 13.2 Å². The first kappa shape index (κ1) is 14.4. The van der Waals surface area contributed by atoms with Crippen LogP contribution in [0.15, 0.2) is 47.1 Å². The minimum atomic E-state index is -0.590. The van der Waals surface area contributed by atoms with Crippen molar-refractivity contribution < 1.29 is 19.1 Å². The third-order valence-corrected chi connectivity index (χ3v) is 2.91. The summed E-state index contributed by atoms with van der Waals surface area (Å²) in [5.41, 5.74) is 0. The standard InChI is InChI=1S/C14H14ClNO4/c15-10-4-1-2-5-12(10)20-9-14(18)16-11(8-17)13-6-3-7-19-13/h1-7,11,17H,8-9H2,(H,16,18). The average molecular weight is 296 g/mol. The number of furan rings is 1. The summed E-state index contributed by atoms with van der Waals surface area (Å²) in [6, 6.07) is 9.65. The maximum absolute atomic E-state index is 11.8. The van der Waals surface area contributed by atoms with Crippen LogP contribution in [0.25, 0.3) is 0 Å². The number of hydrogen-bond acceptors (Lipinski definition) is 4. The van der Waals surface area contributed by atoms with Gasteiger partial charge >= 0.3 is 0 Å². The number of carbonyl (C=O) groups is 1. The van der Waals surface area contributed by atoms with E-state index in [1.807, 2.05) is 0 Å². The predicted octanol–water partition coefficient (Wildman–Crippen LogP) is 2.16. The summed E-state index contributed by atoms with van der Waals surface area (Å²) in [6.45, 7) is -0.452. The molecule has 1 aromatic heterocycles. The van der Waals surface area contributed by atoms with Crippen LogP contribution in [-0.2, 0) is 4.79 Å². The van der Waals surface area contributed by atoms with Crippen molar-refractivity contribution in [2.45, 2.75) is 6.04 Å². The summed E-state index contributed by atoms with van der Waals surface area (Å²) in [7, 11) is 0. The molecule has 0 aliphatic rings. The molecular weight excluding hydrogens is 282 g/mol. The van der Waals surface area contributed by atoms with Crippen LogP contribution >= 0.6 is 11.6 Å². The maximum atomic E-state index is 11.8. The molecule has 2 aromatic rings. The van der Waals surface area contributed by atoms with Gasteiger partial charge in [-0.25, -0.2) is 0 Å². The average Bonchev–Trinajstić information content (AvgIpc) is 2.98. The highest BCUT2D eigenvalue weighted by atomic mass is 35.5. The Bertz CT molecular complexity index is 556. The molecule has 2 N–H and O–H groups in total. The summed E-state index contributed by atoms with van der Waals surface area (Å²) < 4.78 is 10.4. The van der Waals surface area contributed by atoms with Gasteiger partial charge in [-0.1, -0.05) is 23.7 Å². The van der Waals surface area contributed by atoms with E-state index in [1.165, 1.54) is 6.26 Å². The molecule has 1 atom stereocenters. The number of amides is 1. The quantitative estimate of drug-likeness (QED) is 0.856. The molecule has 0 radical (unpaired) electrons. The van der Waals surface area contributed by atoms with E-state index in [2.05, 4.69) is 5.32 Å². The largest absolute Gasteiger partial charge is 0.482 e. The molecule has 0 saturated carbocycles. The van der Waals surface area contributed by atoms with Crippen LogP contribution in [0, 0.1) is 0 Å². The lowest BCUT2D eigenvalue weighted by atomic mass is 10.2. The summed E-state index contributed by atoms with van der Waals surface area (Å²) in [4.78, 5) is 11.8. The number of para-hydroxylation sites is 1. The normalized spacial score (nSPS) is 11.9. The van der Waals surface area contributed by atoms with E-state index in [-0.39, 0.29) is 19.1 Å². The maximum Gasteiger partial charge on any atom is 0.258 e. The van der Waals surface area contributed by atoms with E-state index in [1.54, 1.807) is 36.4 Å². The Balaban J connectivity index is 1.88. The molecule has 2 rings (SSSR count). The van der Waals surface area contributed by atoms with Gasteiger partial charge in [0.1, 0.15) is 17.6 Å². The lowest BCUT2D eigenvalue weighted by molar-refractivity contribution is -0.124. The molecule has 5 nitrogen and oxygen atoms in total. The summed E-state index contributed by atoms with van der Waals surface area (Å²) in [5.74, 6) is 0.543. The fraction of sp³-hybridized carbons (Fsp3) is 0.214. The van der Waals surface area contributed by atoms with E-state index in [4.69, 9.17) is 20.8 Å². The Morgan fingerprint density at radius 1 is 1.35 bits per heavy atom. The lowest BCUT2D eigenvalue weighted by Crippen LogP contribution is -2.34. The first-order chi connectivity index (χ1) is 9.70. The minimum absolute atomic E-state index is 0.194. The van der Waals surface area contributed by atoms with E-state index < -0.39 is 6.04 Å². The molecule has 0 spiro atoms. The van der Waals surface area contributed by atoms with Gasteiger partial charge in [0.2, 0.25) is 0 Å². The fourth-order valence-electron chi connectivity index (χ4n) is 1.64. The molecule has 0 aliphatic carbocycles. The molecule has 0 fully saturated rings. The van der Waals surface area contributed by atoms with E-state index >= 15 is 0 Å². The predicted molar refractivity (Wildman–Crippen MR) is 73.6 cm³/mol. The van der Waals surface area contributed by atoms with Gasteiger partial charge < -0.3 is 19.6 Å². The lowest BCUT2D eigenvalue weighted by Gasteiger charge is -2.14. The number of nitrogens with one attached hydrogen (secondary N) is 1. The Labute approximate surface area is 121 Å². The molecule has 1 heterocycles. The number of aliphatic hydroxyl groups excluding tert-OH is 1. The van der Waals surface area contributed by atoms with Crippen LogP contribution in [0.3, 0.4) is 0 Å². The molecule has 0 aliphatic heterocycles. The molecule has 20 heavy (non-hydrogen) atoms. The number of carbonyl (C=O) groups excluding carboxylic acids is 1. The van der Waals surface area contributed by atoms with Gasteiger partial charge in [0, 0.05) is 0 Å². The highest BCUT2D eigenvalue weighted by molar-refractivity contribution is 6.32. The van der Waals surface area contributed by atoms with Gasteiger partial charge in [-0.3, -0.25) is 4.79 Å². The Morgan fingerprint density at radius 2 is 2.15 bits per heavy atom. The summed E-state index contributed by atoms with van der Waals surface area (Å²) in [5, 5.41) is 12.3. The molecule has 106 valence electrons. The zero-order valence-electron chi connectivity index (χ0n) is 10.6. The zero-order valence-corrected chi connectivity index (χ0v) is 11.3. The number of halogens is 1. The van der Waals surface area contributed by atoms with Crippen LogP contribution < -0.4 is 10.1 Å². The van der Waals surface area contributed by atoms with Gasteiger partial charge in [-0.05, 0) is 24.3 Å². The van der Waals surface area contributed by atoms with E-state index in [0.717, 1.165) is 0 Å². The van der Waals surface area contributed by atoms with E-state index in [9.17, 15) is 9.90 Å². The first-order valence-corrected chi connectivity index (χ1v) is 6.39. The van der Waals surface area contributed by atoms with Crippen molar-refractivity contribution in [1.29, 1.82) is 0 Å². The highest BCUT2D eigenvalue weighted by Crippen LogP contribution is 2.22. The van der Waals surface area contributed by atoms with Crippen molar-refractivity contribution in [3.8, 4) is 5.75 Å². The number of ether oxygens (including phenoxy) is 1. The van der Waals surface area contributed by atoms with Gasteiger partial charge in [0.25, 0.3) is 5.91 Å². The van der Waals surface area contributed by atoms with Crippen LogP contribution in [-0.4, -0.2) is 24.2 Å². The third kappa shape index (κ3) is 3.76. The van der Waals surface area contributed by atoms with E-state index in [0.29, 0.717) is 16.5 Å². The Kier molecular flexibility index (Phi) is 5.03. The second-order valence-corrected chi connectivity index (χ2v) is 4.44. The molecule has 0 bridgehead atoms.